The predicted octanol–water partition coefficient (Wildman–Crippen LogP) is 0.268. The van der Waals surface area contributed by atoms with E-state index in [1.54, 1.807) is 13.0 Å². The van der Waals surface area contributed by atoms with Gasteiger partial charge in [-0.05, 0) is 13.0 Å². The molecule has 0 aromatic carbocycles. The molecule has 1 amide bonds. The smallest absolute Gasteiger partial charge is 0.217 e. The maximum atomic E-state index is 10.6. The standard InChI is InChI=1S/C7H11NO2/c1-3-4-7(10)5-8-6(2)9/h3-4H,5H2,1-2H3,(H,8,9)/b4-3-. The highest BCUT2D eigenvalue weighted by Gasteiger charge is 1.95. The SMILES string of the molecule is C/C=C\C(=O)CNC(C)=O. The highest BCUT2D eigenvalue weighted by atomic mass is 16.2. The monoisotopic (exact) mass is 141 g/mol. The number of hydrogen-bond donors (Lipinski definition) is 1. The van der Waals surface area contributed by atoms with E-state index in [1.807, 2.05) is 0 Å². The Morgan fingerprint density at radius 3 is 2.50 bits per heavy atom. The van der Waals surface area contributed by atoms with E-state index in [0.29, 0.717) is 0 Å². The maximum absolute atomic E-state index is 10.6. The predicted molar refractivity (Wildman–Crippen MR) is 38.5 cm³/mol. The van der Waals surface area contributed by atoms with Crippen molar-refractivity contribution >= 4 is 11.7 Å². The van der Waals surface area contributed by atoms with Crippen molar-refractivity contribution < 1.29 is 9.59 Å². The van der Waals surface area contributed by atoms with Crippen LogP contribution in [-0.4, -0.2) is 18.2 Å². The summed E-state index contributed by atoms with van der Waals surface area (Å²) < 4.78 is 0. The fourth-order valence-corrected chi connectivity index (χ4v) is 0.456. The van der Waals surface area contributed by atoms with E-state index in [4.69, 9.17) is 0 Å². The highest BCUT2D eigenvalue weighted by molar-refractivity contribution is 5.93. The van der Waals surface area contributed by atoms with Crippen molar-refractivity contribution in [1.29, 1.82) is 0 Å². The van der Waals surface area contributed by atoms with E-state index in [2.05, 4.69) is 5.32 Å². The van der Waals surface area contributed by atoms with Crippen molar-refractivity contribution in [2.75, 3.05) is 6.54 Å². The molecule has 10 heavy (non-hydrogen) atoms. The lowest BCUT2D eigenvalue weighted by molar-refractivity contribution is -0.122. The van der Waals surface area contributed by atoms with Gasteiger partial charge in [0.1, 0.15) is 0 Å². The molecule has 0 fully saturated rings. The minimum Gasteiger partial charge on any atom is -0.349 e. The van der Waals surface area contributed by atoms with Crippen LogP contribution < -0.4 is 5.32 Å². The van der Waals surface area contributed by atoms with Crippen LogP contribution in [-0.2, 0) is 9.59 Å². The second-order valence-corrected chi connectivity index (χ2v) is 1.88. The van der Waals surface area contributed by atoms with Crippen LogP contribution >= 0.6 is 0 Å². The molecule has 0 saturated heterocycles. The number of ketones is 1. The Morgan fingerprint density at radius 1 is 1.50 bits per heavy atom. The molecular formula is C7H11NO2. The second-order valence-electron chi connectivity index (χ2n) is 1.88. The van der Waals surface area contributed by atoms with E-state index in [9.17, 15) is 9.59 Å². The van der Waals surface area contributed by atoms with Gasteiger partial charge in [-0.1, -0.05) is 6.08 Å². The van der Waals surface area contributed by atoms with Crippen LogP contribution in [0.15, 0.2) is 12.2 Å². The third-order valence-corrected chi connectivity index (χ3v) is 0.864. The summed E-state index contributed by atoms with van der Waals surface area (Å²) in [6.45, 7) is 3.23. The molecule has 0 heterocycles. The quantitative estimate of drug-likeness (QED) is 0.573. The molecule has 0 spiro atoms. The number of allylic oxidation sites excluding steroid dienone is 1. The van der Waals surface area contributed by atoms with Crippen molar-refractivity contribution in [3.8, 4) is 0 Å². The van der Waals surface area contributed by atoms with Crippen molar-refractivity contribution in [2.24, 2.45) is 0 Å². The first kappa shape index (κ1) is 8.88. The van der Waals surface area contributed by atoms with Gasteiger partial charge in [0.25, 0.3) is 0 Å². The van der Waals surface area contributed by atoms with Crippen LogP contribution in [0.3, 0.4) is 0 Å². The van der Waals surface area contributed by atoms with E-state index >= 15 is 0 Å². The Morgan fingerprint density at radius 2 is 2.10 bits per heavy atom. The molecule has 0 radical (unpaired) electrons. The molecule has 0 aliphatic carbocycles. The minimum absolute atomic E-state index is 0.0855. The van der Waals surface area contributed by atoms with Gasteiger partial charge in [0.15, 0.2) is 5.78 Å². The van der Waals surface area contributed by atoms with Crippen LogP contribution in [0.2, 0.25) is 0 Å². The molecule has 0 aromatic rings. The Kier molecular flexibility index (Phi) is 4.20. The summed E-state index contributed by atoms with van der Waals surface area (Å²) in [5.74, 6) is -0.268. The third-order valence-electron chi connectivity index (χ3n) is 0.864. The molecule has 1 N–H and O–H groups in total. The molecule has 0 saturated carbocycles. The van der Waals surface area contributed by atoms with Gasteiger partial charge in [-0.25, -0.2) is 0 Å². The van der Waals surface area contributed by atoms with Gasteiger partial charge in [0, 0.05) is 6.92 Å². The lowest BCUT2D eigenvalue weighted by Crippen LogP contribution is -2.25. The van der Waals surface area contributed by atoms with E-state index < -0.39 is 0 Å². The number of rotatable bonds is 3. The van der Waals surface area contributed by atoms with Crippen molar-refractivity contribution in [1.82, 2.24) is 5.32 Å². The number of carbonyl (C=O) groups is 2. The first-order valence-corrected chi connectivity index (χ1v) is 3.06. The minimum atomic E-state index is -0.183. The largest absolute Gasteiger partial charge is 0.349 e. The molecule has 0 aliphatic heterocycles. The fourth-order valence-electron chi connectivity index (χ4n) is 0.456. The summed E-state index contributed by atoms with van der Waals surface area (Å²) in [5, 5.41) is 2.39. The number of amides is 1. The summed E-state index contributed by atoms with van der Waals surface area (Å²) in [4.78, 5) is 20.9. The summed E-state index contributed by atoms with van der Waals surface area (Å²) in [6.07, 6.45) is 3.07. The zero-order chi connectivity index (χ0) is 7.98. The zero-order valence-corrected chi connectivity index (χ0v) is 6.18. The first-order chi connectivity index (χ1) is 4.66. The van der Waals surface area contributed by atoms with Crippen molar-refractivity contribution in [3.63, 3.8) is 0 Å². The molecule has 0 aliphatic rings. The Hall–Kier alpha value is -1.12. The van der Waals surface area contributed by atoms with Crippen molar-refractivity contribution in [3.05, 3.63) is 12.2 Å². The summed E-state index contributed by atoms with van der Waals surface area (Å²) >= 11 is 0. The van der Waals surface area contributed by atoms with Gasteiger partial charge in [-0.3, -0.25) is 9.59 Å². The molecule has 56 valence electrons. The van der Waals surface area contributed by atoms with Gasteiger partial charge in [0.2, 0.25) is 5.91 Å². The van der Waals surface area contributed by atoms with Crippen LogP contribution in [0, 0.1) is 0 Å². The second kappa shape index (κ2) is 4.73. The lowest BCUT2D eigenvalue weighted by atomic mass is 10.3. The normalized spacial score (nSPS) is 9.80. The van der Waals surface area contributed by atoms with Gasteiger partial charge in [-0.2, -0.15) is 0 Å². The maximum Gasteiger partial charge on any atom is 0.217 e. The highest BCUT2D eigenvalue weighted by Crippen LogP contribution is 1.73. The molecule has 0 aromatic heterocycles. The van der Waals surface area contributed by atoms with Gasteiger partial charge in [-0.15, -0.1) is 0 Å². The Bertz CT molecular complexity index is 161. The van der Waals surface area contributed by atoms with Crippen LogP contribution in [0.1, 0.15) is 13.8 Å². The Balaban J connectivity index is 3.50. The topological polar surface area (TPSA) is 46.2 Å². The molecule has 0 unspecified atom stereocenters. The van der Waals surface area contributed by atoms with Gasteiger partial charge in [0.05, 0.1) is 6.54 Å². The van der Waals surface area contributed by atoms with E-state index in [-0.39, 0.29) is 18.2 Å². The summed E-state index contributed by atoms with van der Waals surface area (Å²) in [7, 11) is 0. The molecule has 3 heteroatoms. The summed E-state index contributed by atoms with van der Waals surface area (Å²) in [6, 6.07) is 0. The molecular weight excluding hydrogens is 130 g/mol. The molecule has 0 rings (SSSR count). The number of hydrogen-bond acceptors (Lipinski definition) is 2. The van der Waals surface area contributed by atoms with Crippen molar-refractivity contribution in [2.45, 2.75) is 13.8 Å². The van der Waals surface area contributed by atoms with Gasteiger partial charge < -0.3 is 5.32 Å². The number of nitrogens with one attached hydrogen (secondary N) is 1. The molecule has 3 nitrogen and oxygen atoms in total. The average Bonchev–Trinajstić information content (AvgIpc) is 1.85. The fraction of sp³-hybridized carbons (Fsp3) is 0.429. The van der Waals surface area contributed by atoms with E-state index in [0.717, 1.165) is 0 Å². The zero-order valence-electron chi connectivity index (χ0n) is 6.18. The molecule has 0 bridgehead atoms. The van der Waals surface area contributed by atoms with Crippen LogP contribution in [0.5, 0.6) is 0 Å². The molecule has 0 atom stereocenters. The van der Waals surface area contributed by atoms with E-state index in [1.165, 1.54) is 13.0 Å². The first-order valence-electron chi connectivity index (χ1n) is 3.06. The third kappa shape index (κ3) is 5.03. The summed E-state index contributed by atoms with van der Waals surface area (Å²) in [5.41, 5.74) is 0. The Labute approximate surface area is 60.1 Å². The number of carbonyl (C=O) groups excluding carboxylic acids is 2. The average molecular weight is 141 g/mol. The lowest BCUT2D eigenvalue weighted by Gasteiger charge is -1.94. The van der Waals surface area contributed by atoms with Gasteiger partial charge >= 0.3 is 0 Å². The van der Waals surface area contributed by atoms with Crippen LogP contribution in [0.4, 0.5) is 0 Å². The van der Waals surface area contributed by atoms with Crippen LogP contribution in [0.25, 0.3) is 0 Å².